The molecule has 1 saturated heterocycles. The highest BCUT2D eigenvalue weighted by molar-refractivity contribution is 5.94. The number of hydrogen-bond acceptors (Lipinski definition) is 6. The van der Waals surface area contributed by atoms with Gasteiger partial charge in [-0.2, -0.15) is 0 Å². The van der Waals surface area contributed by atoms with Crippen LogP contribution in [-0.4, -0.2) is 82.4 Å². The molecular weight excluding hydrogens is 480 g/mol. The van der Waals surface area contributed by atoms with Crippen molar-refractivity contribution in [1.29, 1.82) is 0 Å². The van der Waals surface area contributed by atoms with Gasteiger partial charge in [-0.05, 0) is 43.7 Å². The van der Waals surface area contributed by atoms with Crippen molar-refractivity contribution in [3.63, 3.8) is 0 Å². The first-order valence-corrected chi connectivity index (χ1v) is 12.1. The summed E-state index contributed by atoms with van der Waals surface area (Å²) in [6, 6.07) is 5.07. The van der Waals surface area contributed by atoms with E-state index in [0.717, 1.165) is 16.5 Å². The van der Waals surface area contributed by atoms with Gasteiger partial charge in [0.05, 0.1) is 6.04 Å². The normalized spacial score (nSPS) is 16.7. The Morgan fingerprint density at radius 1 is 1.22 bits per heavy atom. The molecule has 3 amide bonds. The van der Waals surface area contributed by atoms with Gasteiger partial charge in [-0.3, -0.25) is 24.2 Å². The van der Waals surface area contributed by atoms with Crippen molar-refractivity contribution in [2.75, 3.05) is 19.6 Å². The topological polar surface area (TPSA) is 222 Å². The zero-order valence-corrected chi connectivity index (χ0v) is 20.5. The third kappa shape index (κ3) is 7.43. The Balaban J connectivity index is 1.64. The largest absolute Gasteiger partial charge is 0.480 e. The molecular formula is C24H34N8O5. The number of rotatable bonds is 12. The van der Waals surface area contributed by atoms with E-state index in [2.05, 4.69) is 20.6 Å². The Kier molecular flexibility index (Phi) is 9.44. The van der Waals surface area contributed by atoms with Crippen LogP contribution >= 0.6 is 0 Å². The van der Waals surface area contributed by atoms with E-state index in [1.165, 1.54) is 4.90 Å². The second kappa shape index (κ2) is 12.7. The number of aromatic amines is 1. The molecule has 13 nitrogen and oxygen atoms in total. The molecule has 3 rings (SSSR count). The standard InChI is InChI=1S/C24H34N8O5/c25-16(11-14-12-29-17-6-2-1-5-15(14)17)23(37)32-10-4-8-19(32)22(36)31-18(7-3-9-28-24(26)27)21(35)30-13-20(33)34/h1-2,5-6,12,16,18-19,29H,3-4,7-11,13,25H2,(H,30,35)(H,31,36)(H,33,34)(H4,26,27,28). The van der Waals surface area contributed by atoms with Crippen LogP contribution in [0, 0.1) is 0 Å². The number of carboxylic acids is 1. The predicted molar refractivity (Wildman–Crippen MR) is 137 cm³/mol. The van der Waals surface area contributed by atoms with Crippen molar-refractivity contribution in [2.24, 2.45) is 22.2 Å². The molecule has 0 radical (unpaired) electrons. The number of nitrogens with one attached hydrogen (secondary N) is 3. The van der Waals surface area contributed by atoms with Crippen molar-refractivity contribution in [3.05, 3.63) is 36.0 Å². The summed E-state index contributed by atoms with van der Waals surface area (Å²) in [5, 5.41) is 14.8. The second-order valence-corrected chi connectivity index (χ2v) is 8.98. The number of fused-ring (bicyclic) bond motifs is 1. The van der Waals surface area contributed by atoms with Crippen molar-refractivity contribution in [1.82, 2.24) is 20.5 Å². The van der Waals surface area contributed by atoms with E-state index < -0.39 is 42.5 Å². The fourth-order valence-corrected chi connectivity index (χ4v) is 4.47. The lowest BCUT2D eigenvalue weighted by Crippen LogP contribution is -2.55. The van der Waals surface area contributed by atoms with E-state index >= 15 is 0 Å². The highest BCUT2D eigenvalue weighted by Crippen LogP contribution is 2.22. The van der Waals surface area contributed by atoms with Crippen LogP contribution in [0.25, 0.3) is 10.9 Å². The zero-order valence-electron chi connectivity index (χ0n) is 20.5. The average molecular weight is 515 g/mol. The Morgan fingerprint density at radius 2 is 1.97 bits per heavy atom. The van der Waals surface area contributed by atoms with E-state index in [9.17, 15) is 19.2 Å². The molecule has 3 atom stereocenters. The Labute approximate surface area is 213 Å². The summed E-state index contributed by atoms with van der Waals surface area (Å²) < 4.78 is 0. The number of H-pyrrole nitrogens is 1. The lowest BCUT2D eigenvalue weighted by atomic mass is 10.0. The molecule has 1 aliphatic heterocycles. The van der Waals surface area contributed by atoms with Gasteiger partial charge in [0.1, 0.15) is 18.6 Å². The van der Waals surface area contributed by atoms with Crippen LogP contribution in [0.5, 0.6) is 0 Å². The van der Waals surface area contributed by atoms with E-state index in [-0.39, 0.29) is 24.8 Å². The number of aromatic nitrogens is 1. The minimum absolute atomic E-state index is 0.0972. The van der Waals surface area contributed by atoms with Gasteiger partial charge in [-0.1, -0.05) is 18.2 Å². The monoisotopic (exact) mass is 514 g/mol. The van der Waals surface area contributed by atoms with E-state index in [4.69, 9.17) is 22.3 Å². The van der Waals surface area contributed by atoms with Gasteiger partial charge in [-0.25, -0.2) is 0 Å². The Morgan fingerprint density at radius 3 is 2.70 bits per heavy atom. The third-order valence-corrected chi connectivity index (χ3v) is 6.26. The van der Waals surface area contributed by atoms with Gasteiger partial charge < -0.3 is 42.8 Å². The summed E-state index contributed by atoms with van der Waals surface area (Å²) in [5.74, 6) is -2.80. The maximum absolute atomic E-state index is 13.2. The van der Waals surface area contributed by atoms with E-state index in [0.29, 0.717) is 32.2 Å². The fourth-order valence-electron chi connectivity index (χ4n) is 4.47. The van der Waals surface area contributed by atoms with Crippen LogP contribution in [-0.2, 0) is 25.6 Å². The molecule has 2 heterocycles. The molecule has 1 aromatic heterocycles. The van der Waals surface area contributed by atoms with Crippen molar-refractivity contribution in [2.45, 2.75) is 50.2 Å². The molecule has 13 heteroatoms. The number of carbonyl (C=O) groups is 4. The fraction of sp³-hybridized carbons (Fsp3) is 0.458. The number of carboxylic acid groups (broad SMARTS) is 1. The minimum atomic E-state index is -1.21. The molecule has 0 saturated carbocycles. The minimum Gasteiger partial charge on any atom is -0.480 e. The van der Waals surface area contributed by atoms with Crippen molar-refractivity contribution < 1.29 is 24.3 Å². The number of guanidine groups is 1. The molecule has 1 aromatic carbocycles. The number of aliphatic carboxylic acids is 1. The smallest absolute Gasteiger partial charge is 0.322 e. The van der Waals surface area contributed by atoms with E-state index in [1.54, 1.807) is 0 Å². The second-order valence-electron chi connectivity index (χ2n) is 8.98. The number of aliphatic imine (C=N–C) groups is 1. The van der Waals surface area contributed by atoms with Crippen LogP contribution in [0.15, 0.2) is 35.5 Å². The molecule has 200 valence electrons. The van der Waals surface area contributed by atoms with Crippen LogP contribution in [0.4, 0.5) is 0 Å². The lowest BCUT2D eigenvalue weighted by Gasteiger charge is -2.28. The van der Waals surface area contributed by atoms with Crippen LogP contribution in [0.3, 0.4) is 0 Å². The van der Waals surface area contributed by atoms with Crippen molar-refractivity contribution >= 4 is 40.6 Å². The van der Waals surface area contributed by atoms with Gasteiger partial charge >= 0.3 is 5.97 Å². The molecule has 37 heavy (non-hydrogen) atoms. The summed E-state index contributed by atoms with van der Waals surface area (Å²) >= 11 is 0. The highest BCUT2D eigenvalue weighted by atomic mass is 16.4. The maximum atomic E-state index is 13.2. The van der Waals surface area contributed by atoms with Gasteiger partial charge in [0.2, 0.25) is 17.7 Å². The zero-order chi connectivity index (χ0) is 26.9. The molecule has 0 spiro atoms. The molecule has 10 N–H and O–H groups in total. The predicted octanol–water partition coefficient (Wildman–Crippen LogP) is -1.23. The van der Waals surface area contributed by atoms with Crippen molar-refractivity contribution in [3.8, 4) is 0 Å². The first-order chi connectivity index (χ1) is 17.7. The average Bonchev–Trinajstić information content (AvgIpc) is 3.51. The first kappa shape index (κ1) is 27.5. The van der Waals surface area contributed by atoms with Crippen LogP contribution in [0.2, 0.25) is 0 Å². The summed E-state index contributed by atoms with van der Waals surface area (Å²) in [7, 11) is 0. The number of carbonyl (C=O) groups excluding carboxylic acids is 3. The lowest BCUT2D eigenvalue weighted by molar-refractivity contribution is -0.141. The SMILES string of the molecule is NC(N)=NCCCC(NC(=O)C1CCCN1C(=O)C(N)Cc1c[nH]c2ccccc12)C(=O)NCC(=O)O. The molecule has 3 unspecified atom stereocenters. The van der Waals surface area contributed by atoms with Gasteiger partial charge in [0, 0.05) is 30.2 Å². The Hall–Kier alpha value is -4.13. The van der Waals surface area contributed by atoms with Gasteiger partial charge in [-0.15, -0.1) is 0 Å². The number of benzene rings is 1. The van der Waals surface area contributed by atoms with Gasteiger partial charge in [0.25, 0.3) is 0 Å². The molecule has 1 aliphatic rings. The summed E-state index contributed by atoms with van der Waals surface area (Å²) in [6.07, 6.45) is 3.72. The molecule has 0 bridgehead atoms. The molecule has 2 aromatic rings. The highest BCUT2D eigenvalue weighted by Gasteiger charge is 2.37. The molecule has 0 aliphatic carbocycles. The quantitative estimate of drug-likeness (QED) is 0.103. The third-order valence-electron chi connectivity index (χ3n) is 6.26. The maximum Gasteiger partial charge on any atom is 0.322 e. The van der Waals surface area contributed by atoms with Crippen LogP contribution < -0.4 is 27.8 Å². The number of nitrogens with two attached hydrogens (primary N) is 3. The number of hydrogen-bond donors (Lipinski definition) is 7. The summed E-state index contributed by atoms with van der Waals surface area (Å²) in [6.45, 7) is 0.0202. The van der Waals surface area contributed by atoms with Crippen LogP contribution in [0.1, 0.15) is 31.2 Å². The first-order valence-electron chi connectivity index (χ1n) is 12.1. The summed E-state index contributed by atoms with van der Waals surface area (Å²) in [5.41, 5.74) is 18.8. The Bertz CT molecular complexity index is 1160. The number of nitrogens with zero attached hydrogens (tertiary/aromatic N) is 2. The van der Waals surface area contributed by atoms with Gasteiger partial charge in [0.15, 0.2) is 5.96 Å². The van der Waals surface area contributed by atoms with E-state index in [1.807, 2.05) is 30.5 Å². The summed E-state index contributed by atoms with van der Waals surface area (Å²) in [4.78, 5) is 58.3. The number of likely N-dealkylation sites (tertiary alicyclic amines) is 1. The number of amides is 3. The number of para-hydroxylation sites is 1. The molecule has 1 fully saturated rings.